The van der Waals surface area contributed by atoms with Gasteiger partial charge in [-0.15, -0.1) is 0 Å². The second-order valence-electron chi connectivity index (χ2n) is 5.54. The first-order valence-corrected chi connectivity index (χ1v) is 7.35. The van der Waals surface area contributed by atoms with Crippen molar-refractivity contribution in [3.8, 4) is 6.07 Å². The van der Waals surface area contributed by atoms with E-state index in [4.69, 9.17) is 5.26 Å². The van der Waals surface area contributed by atoms with Gasteiger partial charge in [-0.2, -0.15) is 5.26 Å². The lowest BCUT2D eigenvalue weighted by molar-refractivity contribution is 0.00638. The first-order valence-electron chi connectivity index (χ1n) is 5.87. The zero-order valence-electron chi connectivity index (χ0n) is 11.7. The fourth-order valence-electron chi connectivity index (χ4n) is 1.28. The summed E-state index contributed by atoms with van der Waals surface area (Å²) in [6.45, 7) is 6.00. The number of hydrogen-bond acceptors (Lipinski definition) is 4. The van der Waals surface area contributed by atoms with Gasteiger partial charge in [-0.1, -0.05) is 0 Å². The van der Waals surface area contributed by atoms with Gasteiger partial charge in [-0.25, -0.2) is 17.5 Å². The van der Waals surface area contributed by atoms with Gasteiger partial charge in [0.05, 0.1) is 21.6 Å². The van der Waals surface area contributed by atoms with Crippen LogP contribution in [0.5, 0.6) is 0 Å². The highest BCUT2D eigenvalue weighted by Gasteiger charge is 2.38. The predicted octanol–water partition coefficient (Wildman–Crippen LogP) is 1.53. The van der Waals surface area contributed by atoms with Gasteiger partial charge in [0.2, 0.25) is 10.0 Å². The van der Waals surface area contributed by atoms with Crippen molar-refractivity contribution in [2.75, 3.05) is 0 Å². The van der Waals surface area contributed by atoms with Crippen LogP contribution in [-0.4, -0.2) is 24.7 Å². The van der Waals surface area contributed by atoms with Gasteiger partial charge in [0.25, 0.3) is 0 Å². The van der Waals surface area contributed by atoms with Gasteiger partial charge in [0.15, 0.2) is 0 Å². The number of nitrogens with one attached hydrogen (secondary N) is 1. The normalized spacial score (nSPS) is 13.1. The van der Waals surface area contributed by atoms with Crippen LogP contribution in [0.1, 0.15) is 33.3 Å². The van der Waals surface area contributed by atoms with Gasteiger partial charge in [0.1, 0.15) is 11.9 Å². The maximum atomic E-state index is 13.2. The number of halogens is 1. The summed E-state index contributed by atoms with van der Waals surface area (Å²) in [5.74, 6) is -0.784. The third-order valence-electron chi connectivity index (χ3n) is 3.29. The molecule has 0 fully saturated rings. The number of sulfonamides is 1. The molecule has 2 N–H and O–H groups in total. The molecule has 0 saturated heterocycles. The van der Waals surface area contributed by atoms with Gasteiger partial charge in [-0.05, 0) is 45.9 Å². The average Bonchev–Trinajstić information content (AvgIpc) is 2.26. The van der Waals surface area contributed by atoms with Crippen LogP contribution in [0.4, 0.5) is 4.39 Å². The summed E-state index contributed by atoms with van der Waals surface area (Å²) in [4.78, 5) is -0.229. The van der Waals surface area contributed by atoms with Crippen LogP contribution in [0.25, 0.3) is 0 Å². The van der Waals surface area contributed by atoms with Crippen LogP contribution in [0.15, 0.2) is 23.1 Å². The molecule has 1 rings (SSSR count). The molecule has 1 aromatic rings. The number of aliphatic hydroxyl groups is 1. The molecule has 7 heteroatoms. The largest absolute Gasteiger partial charge is 0.389 e. The van der Waals surface area contributed by atoms with Gasteiger partial charge < -0.3 is 5.11 Å². The number of benzene rings is 1. The minimum absolute atomic E-state index is 0.229. The maximum Gasteiger partial charge on any atom is 0.241 e. The molecular formula is C13H17FN2O3S. The topological polar surface area (TPSA) is 90.2 Å². The molecule has 0 bridgehead atoms. The van der Waals surface area contributed by atoms with E-state index >= 15 is 0 Å². The Hall–Kier alpha value is -1.49. The molecule has 0 amide bonds. The second kappa shape index (κ2) is 5.13. The number of rotatable bonds is 4. The number of nitrogens with zero attached hydrogens (tertiary/aromatic N) is 1. The smallest absolute Gasteiger partial charge is 0.241 e. The van der Waals surface area contributed by atoms with Crippen LogP contribution in [0, 0.1) is 17.1 Å². The molecule has 0 spiro atoms. The average molecular weight is 300 g/mol. The summed E-state index contributed by atoms with van der Waals surface area (Å²) in [6, 6.07) is 4.53. The third kappa shape index (κ3) is 3.33. The van der Waals surface area contributed by atoms with E-state index in [1.807, 2.05) is 0 Å². The van der Waals surface area contributed by atoms with Crippen molar-refractivity contribution in [2.45, 2.75) is 43.7 Å². The van der Waals surface area contributed by atoms with Crippen LogP contribution in [-0.2, 0) is 10.0 Å². The quantitative estimate of drug-likeness (QED) is 0.882. The van der Waals surface area contributed by atoms with E-state index < -0.39 is 27.0 Å². The van der Waals surface area contributed by atoms with Crippen molar-refractivity contribution in [3.63, 3.8) is 0 Å². The van der Waals surface area contributed by atoms with E-state index in [9.17, 15) is 17.9 Å². The van der Waals surface area contributed by atoms with Crippen molar-refractivity contribution >= 4 is 10.0 Å². The standard InChI is InChI=1S/C13H17FN2O3S/c1-12(2,13(3,4)17)16-20(18,19)10-5-6-11(14)9(7-10)8-15/h5-7,16-17H,1-4H3. The monoisotopic (exact) mass is 300 g/mol. The molecule has 0 saturated carbocycles. The van der Waals surface area contributed by atoms with E-state index in [-0.39, 0.29) is 10.5 Å². The van der Waals surface area contributed by atoms with Gasteiger partial charge in [0, 0.05) is 0 Å². The zero-order valence-corrected chi connectivity index (χ0v) is 12.5. The Morgan fingerprint density at radius 3 is 2.30 bits per heavy atom. The Morgan fingerprint density at radius 1 is 1.30 bits per heavy atom. The highest BCUT2D eigenvalue weighted by atomic mass is 32.2. The van der Waals surface area contributed by atoms with Crippen molar-refractivity contribution < 1.29 is 17.9 Å². The SMILES string of the molecule is CC(C)(O)C(C)(C)NS(=O)(=O)c1ccc(F)c(C#N)c1. The van der Waals surface area contributed by atoms with Crippen LogP contribution in [0.2, 0.25) is 0 Å². The first kappa shape index (κ1) is 16.6. The minimum atomic E-state index is -3.98. The molecule has 0 aromatic heterocycles. The number of hydrogen-bond donors (Lipinski definition) is 2. The van der Waals surface area contributed by atoms with Gasteiger partial charge in [-0.3, -0.25) is 0 Å². The molecule has 0 aliphatic rings. The Bertz CT molecular complexity index is 655. The first-order chi connectivity index (χ1) is 8.90. The molecule has 0 heterocycles. The molecule has 20 heavy (non-hydrogen) atoms. The lowest BCUT2D eigenvalue weighted by atomic mass is 9.87. The Morgan fingerprint density at radius 2 is 1.85 bits per heavy atom. The van der Waals surface area contributed by atoms with Crippen LogP contribution in [0.3, 0.4) is 0 Å². The Labute approximate surface area is 118 Å². The van der Waals surface area contributed by atoms with Crippen molar-refractivity contribution in [3.05, 3.63) is 29.6 Å². The zero-order chi connectivity index (χ0) is 15.8. The summed E-state index contributed by atoms with van der Waals surface area (Å²) < 4.78 is 40.0. The van der Waals surface area contributed by atoms with Crippen LogP contribution < -0.4 is 4.72 Å². The number of nitriles is 1. The van der Waals surface area contributed by atoms with E-state index in [0.29, 0.717) is 0 Å². The molecular weight excluding hydrogens is 283 g/mol. The molecule has 5 nitrogen and oxygen atoms in total. The summed E-state index contributed by atoms with van der Waals surface area (Å²) in [5.41, 5.74) is -2.81. The van der Waals surface area contributed by atoms with E-state index in [1.165, 1.54) is 27.7 Å². The van der Waals surface area contributed by atoms with Crippen molar-refractivity contribution in [2.24, 2.45) is 0 Å². The van der Waals surface area contributed by atoms with Crippen molar-refractivity contribution in [1.29, 1.82) is 5.26 Å². The summed E-state index contributed by atoms with van der Waals surface area (Å²) in [5, 5.41) is 18.7. The molecule has 0 aliphatic carbocycles. The third-order valence-corrected chi connectivity index (χ3v) is 4.94. The van der Waals surface area contributed by atoms with E-state index in [1.54, 1.807) is 6.07 Å². The fraction of sp³-hybridized carbons (Fsp3) is 0.462. The Balaban J connectivity index is 3.23. The lowest BCUT2D eigenvalue weighted by Crippen LogP contribution is -2.57. The molecule has 0 atom stereocenters. The summed E-state index contributed by atoms with van der Waals surface area (Å²) >= 11 is 0. The highest BCUT2D eigenvalue weighted by Crippen LogP contribution is 2.24. The summed E-state index contributed by atoms with van der Waals surface area (Å²) in [6.07, 6.45) is 0. The highest BCUT2D eigenvalue weighted by molar-refractivity contribution is 7.89. The minimum Gasteiger partial charge on any atom is -0.389 e. The predicted molar refractivity (Wildman–Crippen MR) is 71.8 cm³/mol. The van der Waals surface area contributed by atoms with E-state index in [2.05, 4.69) is 4.72 Å². The summed E-state index contributed by atoms with van der Waals surface area (Å²) in [7, 11) is -3.98. The van der Waals surface area contributed by atoms with Crippen LogP contribution >= 0.6 is 0 Å². The van der Waals surface area contributed by atoms with Crippen molar-refractivity contribution in [1.82, 2.24) is 4.72 Å². The molecule has 1 aromatic carbocycles. The molecule has 110 valence electrons. The molecule has 0 unspecified atom stereocenters. The van der Waals surface area contributed by atoms with E-state index in [0.717, 1.165) is 18.2 Å². The molecule has 0 radical (unpaired) electrons. The molecule has 0 aliphatic heterocycles. The lowest BCUT2D eigenvalue weighted by Gasteiger charge is -2.37. The van der Waals surface area contributed by atoms with Gasteiger partial charge >= 0.3 is 0 Å². The maximum absolute atomic E-state index is 13.2. The fourth-order valence-corrected chi connectivity index (χ4v) is 2.84. The second-order valence-corrected chi connectivity index (χ2v) is 7.23. The Kier molecular flexibility index (Phi) is 4.25.